The van der Waals surface area contributed by atoms with E-state index in [0.29, 0.717) is 0 Å². The van der Waals surface area contributed by atoms with Gasteiger partial charge in [-0.2, -0.15) is 10.2 Å². The van der Waals surface area contributed by atoms with Gasteiger partial charge >= 0.3 is 0 Å². The lowest BCUT2D eigenvalue weighted by atomic mass is 10.1. The molecule has 2 N–H and O–H groups in total. The molecular formula is C20H21BrN6O2. The Bertz CT molecular complexity index is 1090. The molecule has 8 nitrogen and oxygen atoms in total. The minimum absolute atomic E-state index is 0.00761. The molecule has 0 spiro atoms. The van der Waals surface area contributed by atoms with Gasteiger partial charge in [0.2, 0.25) is 0 Å². The highest BCUT2D eigenvalue weighted by atomic mass is 79.9. The van der Waals surface area contributed by atoms with E-state index >= 15 is 0 Å². The maximum Gasteiger partial charge on any atom is 0.108 e. The second kappa shape index (κ2) is 9.55. The number of aliphatic hydroxyl groups excluding tert-OH is 2. The Labute approximate surface area is 176 Å². The van der Waals surface area contributed by atoms with Crippen LogP contribution in [-0.4, -0.2) is 39.7 Å². The van der Waals surface area contributed by atoms with Crippen LogP contribution in [0.4, 0.5) is 0 Å². The summed E-state index contributed by atoms with van der Waals surface area (Å²) in [4.78, 5) is 8.08. The highest BCUT2D eigenvalue weighted by Crippen LogP contribution is 2.26. The first kappa shape index (κ1) is 20.8. The quantitative estimate of drug-likeness (QED) is 0.489. The lowest BCUT2D eigenvalue weighted by molar-refractivity contribution is 0.281. The molecule has 0 unspecified atom stereocenters. The molecule has 29 heavy (non-hydrogen) atoms. The predicted octanol–water partition coefficient (Wildman–Crippen LogP) is 2.71. The summed E-state index contributed by atoms with van der Waals surface area (Å²) in [5.74, 6) is 0. The van der Waals surface area contributed by atoms with Crippen molar-refractivity contribution in [3.05, 3.63) is 71.0 Å². The topological polar surface area (TPSA) is 102 Å². The zero-order chi connectivity index (χ0) is 20.8. The lowest BCUT2D eigenvalue weighted by Gasteiger charge is -1.99. The van der Waals surface area contributed by atoms with Crippen LogP contribution in [0.5, 0.6) is 0 Å². The zero-order valence-corrected chi connectivity index (χ0v) is 17.7. The summed E-state index contributed by atoms with van der Waals surface area (Å²) in [6.45, 7) is -0.00103. The Morgan fingerprint density at radius 3 is 2.00 bits per heavy atom. The number of pyridine rings is 2. The number of nitrogens with zero attached hydrogens (tertiary/aromatic N) is 6. The molecule has 4 rings (SSSR count). The van der Waals surface area contributed by atoms with Crippen molar-refractivity contribution in [2.75, 3.05) is 0 Å². The minimum atomic E-state index is -0.00864. The standard InChI is InChI=1S/C10H10BrN3O.C10H11N3O/c1-14-5-9(11)10(13-14)8-2-7(6-15)3-12-4-8;1-13-3-2-10(12-13)9-4-8(7-14)5-11-6-9/h2-5,15H,6H2,1H3;2-6,14H,7H2,1H3. The van der Waals surface area contributed by atoms with E-state index in [1.165, 1.54) is 0 Å². The van der Waals surface area contributed by atoms with Crippen LogP contribution in [0.2, 0.25) is 0 Å². The van der Waals surface area contributed by atoms with Crippen molar-refractivity contribution in [2.45, 2.75) is 13.2 Å². The molecule has 4 aromatic rings. The fourth-order valence-electron chi connectivity index (χ4n) is 2.64. The van der Waals surface area contributed by atoms with Gasteiger partial charge in [-0.3, -0.25) is 19.3 Å². The fraction of sp³-hybridized carbons (Fsp3) is 0.200. The van der Waals surface area contributed by atoms with Gasteiger partial charge in [-0.05, 0) is 45.3 Å². The van der Waals surface area contributed by atoms with Crippen molar-refractivity contribution in [3.63, 3.8) is 0 Å². The number of rotatable bonds is 4. The van der Waals surface area contributed by atoms with Crippen LogP contribution >= 0.6 is 15.9 Å². The van der Waals surface area contributed by atoms with Crippen LogP contribution in [0.3, 0.4) is 0 Å². The summed E-state index contributed by atoms with van der Waals surface area (Å²) >= 11 is 3.43. The maximum atomic E-state index is 9.01. The van der Waals surface area contributed by atoms with E-state index in [9.17, 15) is 0 Å². The van der Waals surface area contributed by atoms with Gasteiger partial charge in [0.25, 0.3) is 0 Å². The van der Waals surface area contributed by atoms with Crippen LogP contribution in [0.15, 0.2) is 59.9 Å². The first-order valence-electron chi connectivity index (χ1n) is 8.79. The molecule has 0 aromatic carbocycles. The lowest BCUT2D eigenvalue weighted by Crippen LogP contribution is -1.90. The Morgan fingerprint density at radius 2 is 1.48 bits per heavy atom. The van der Waals surface area contributed by atoms with Crippen molar-refractivity contribution in [1.82, 2.24) is 29.5 Å². The summed E-state index contributed by atoms with van der Waals surface area (Å²) in [5.41, 5.74) is 5.11. The fourth-order valence-corrected chi connectivity index (χ4v) is 3.25. The molecule has 0 amide bonds. The Kier molecular flexibility index (Phi) is 6.86. The SMILES string of the molecule is Cn1cc(Br)c(-c2cncc(CO)c2)n1.Cn1ccc(-c2cncc(CO)c2)n1. The van der Waals surface area contributed by atoms with Gasteiger partial charge in [0.05, 0.1) is 23.4 Å². The molecule has 9 heteroatoms. The normalized spacial score (nSPS) is 10.5. The van der Waals surface area contributed by atoms with E-state index in [1.807, 2.05) is 44.7 Å². The molecule has 150 valence electrons. The third-order valence-electron chi connectivity index (χ3n) is 4.02. The summed E-state index contributed by atoms with van der Waals surface area (Å²) < 4.78 is 4.38. The number of aromatic nitrogens is 6. The van der Waals surface area contributed by atoms with Crippen molar-refractivity contribution in [1.29, 1.82) is 0 Å². The first-order valence-corrected chi connectivity index (χ1v) is 9.58. The second-order valence-electron chi connectivity index (χ2n) is 6.35. The van der Waals surface area contributed by atoms with Crippen molar-refractivity contribution >= 4 is 15.9 Å². The minimum Gasteiger partial charge on any atom is -0.392 e. The molecule has 0 aliphatic rings. The van der Waals surface area contributed by atoms with Crippen LogP contribution in [0.1, 0.15) is 11.1 Å². The summed E-state index contributed by atoms with van der Waals surface area (Å²) in [6, 6.07) is 5.67. The molecular weight excluding hydrogens is 436 g/mol. The number of halogens is 1. The highest BCUT2D eigenvalue weighted by molar-refractivity contribution is 9.10. The molecule has 0 saturated carbocycles. The molecule has 0 aliphatic heterocycles. The smallest absolute Gasteiger partial charge is 0.108 e. The Balaban J connectivity index is 0.000000166. The molecule has 0 aliphatic carbocycles. The molecule has 0 saturated heterocycles. The van der Waals surface area contributed by atoms with Crippen molar-refractivity contribution < 1.29 is 10.2 Å². The van der Waals surface area contributed by atoms with Gasteiger partial charge < -0.3 is 10.2 Å². The van der Waals surface area contributed by atoms with Gasteiger partial charge in [0.15, 0.2) is 0 Å². The number of aliphatic hydroxyl groups is 2. The number of aryl methyl sites for hydroxylation is 2. The Morgan fingerprint density at radius 1 is 0.862 bits per heavy atom. The molecule has 0 radical (unpaired) electrons. The second-order valence-corrected chi connectivity index (χ2v) is 7.21. The average molecular weight is 457 g/mol. The van der Waals surface area contributed by atoms with E-state index in [-0.39, 0.29) is 13.2 Å². The molecule has 0 bridgehead atoms. The molecule has 0 atom stereocenters. The van der Waals surface area contributed by atoms with Gasteiger partial charge in [-0.15, -0.1) is 0 Å². The third kappa shape index (κ3) is 5.35. The summed E-state index contributed by atoms with van der Waals surface area (Å²) in [5, 5.41) is 26.5. The zero-order valence-electron chi connectivity index (χ0n) is 16.1. The number of hydrogen-bond acceptors (Lipinski definition) is 6. The van der Waals surface area contributed by atoms with Crippen LogP contribution in [0.25, 0.3) is 22.5 Å². The largest absolute Gasteiger partial charge is 0.392 e. The van der Waals surface area contributed by atoms with E-state index in [4.69, 9.17) is 10.2 Å². The summed E-state index contributed by atoms with van der Waals surface area (Å²) in [7, 11) is 3.73. The van der Waals surface area contributed by atoms with Crippen molar-refractivity contribution in [3.8, 4) is 22.5 Å². The van der Waals surface area contributed by atoms with E-state index in [1.54, 1.807) is 34.2 Å². The summed E-state index contributed by atoms with van der Waals surface area (Å²) in [6.07, 6.45) is 10.5. The maximum absolute atomic E-state index is 9.01. The predicted molar refractivity (Wildman–Crippen MR) is 112 cm³/mol. The Hall–Kier alpha value is -2.88. The van der Waals surface area contributed by atoms with Crippen LogP contribution in [0, 0.1) is 0 Å². The molecule has 4 aromatic heterocycles. The van der Waals surface area contributed by atoms with Gasteiger partial charge in [-0.25, -0.2) is 0 Å². The monoisotopic (exact) mass is 456 g/mol. The van der Waals surface area contributed by atoms with Crippen LogP contribution in [-0.2, 0) is 27.3 Å². The van der Waals surface area contributed by atoms with Crippen molar-refractivity contribution in [2.24, 2.45) is 14.1 Å². The third-order valence-corrected chi connectivity index (χ3v) is 4.60. The highest BCUT2D eigenvalue weighted by Gasteiger charge is 2.08. The van der Waals surface area contributed by atoms with E-state index < -0.39 is 0 Å². The number of hydrogen-bond donors (Lipinski definition) is 2. The van der Waals surface area contributed by atoms with Gasteiger partial charge in [0, 0.05) is 62.4 Å². The van der Waals surface area contributed by atoms with Gasteiger partial charge in [0.1, 0.15) is 5.69 Å². The molecule has 4 heterocycles. The van der Waals surface area contributed by atoms with E-state index in [2.05, 4.69) is 36.1 Å². The van der Waals surface area contributed by atoms with Crippen LogP contribution < -0.4 is 0 Å². The van der Waals surface area contributed by atoms with Gasteiger partial charge in [-0.1, -0.05) is 0 Å². The average Bonchev–Trinajstić information content (AvgIpc) is 3.33. The first-order chi connectivity index (χ1) is 14.0. The van der Waals surface area contributed by atoms with E-state index in [0.717, 1.165) is 38.1 Å². The molecule has 0 fully saturated rings.